The number of rotatable bonds is 8. The number of carbonyl (C=O) groups is 4. The van der Waals surface area contributed by atoms with Crippen molar-refractivity contribution in [2.24, 2.45) is 22.7 Å². The molecule has 2 unspecified atom stereocenters. The third-order valence-electron chi connectivity index (χ3n) is 9.05. The Bertz CT molecular complexity index is 1110. The van der Waals surface area contributed by atoms with Crippen molar-refractivity contribution in [2.45, 2.75) is 70.9 Å². The summed E-state index contributed by atoms with van der Waals surface area (Å²) < 4.78 is 16.2. The molecular weight excluding hydrogens is 514 g/mol. The van der Waals surface area contributed by atoms with Crippen LogP contribution in [0.15, 0.2) is 24.3 Å². The summed E-state index contributed by atoms with van der Waals surface area (Å²) in [4.78, 5) is 54.0. The highest BCUT2D eigenvalue weighted by Crippen LogP contribution is 2.65. The van der Waals surface area contributed by atoms with E-state index in [1.807, 2.05) is 0 Å². The summed E-state index contributed by atoms with van der Waals surface area (Å²) >= 11 is 0. The van der Waals surface area contributed by atoms with Crippen molar-refractivity contribution >= 4 is 23.9 Å². The number of ether oxygens (including phenoxy) is 3. The van der Waals surface area contributed by atoms with Gasteiger partial charge in [0.2, 0.25) is 5.91 Å². The van der Waals surface area contributed by atoms with Gasteiger partial charge in [-0.15, -0.1) is 0 Å². The van der Waals surface area contributed by atoms with Crippen molar-refractivity contribution in [3.8, 4) is 5.75 Å². The van der Waals surface area contributed by atoms with Crippen LogP contribution in [0.25, 0.3) is 0 Å². The van der Waals surface area contributed by atoms with Crippen molar-refractivity contribution < 1.29 is 33.4 Å². The van der Waals surface area contributed by atoms with E-state index in [1.54, 1.807) is 43.0 Å². The fraction of sp³-hybridized carbons (Fsp3) is 0.667. The molecule has 2 N–H and O–H groups in total. The maximum Gasteiger partial charge on any atom is 0.415 e. The molecule has 10 nitrogen and oxygen atoms in total. The number of hydrogen-bond acceptors (Lipinski definition) is 8. The van der Waals surface area contributed by atoms with Gasteiger partial charge in [-0.3, -0.25) is 9.59 Å². The fourth-order valence-corrected chi connectivity index (χ4v) is 7.74. The first kappa shape index (κ1) is 28.4. The van der Waals surface area contributed by atoms with Crippen LogP contribution < -0.4 is 15.4 Å². The Morgan fingerprint density at radius 3 is 2.23 bits per heavy atom. The number of hydrogen-bond donors (Lipinski definition) is 2. The van der Waals surface area contributed by atoms with Crippen LogP contribution in [0.1, 0.15) is 57.9 Å². The first-order valence-corrected chi connectivity index (χ1v) is 14.5. The van der Waals surface area contributed by atoms with Crippen molar-refractivity contribution in [3.63, 3.8) is 0 Å². The van der Waals surface area contributed by atoms with Crippen LogP contribution in [0.5, 0.6) is 5.75 Å². The average Bonchev–Trinajstić information content (AvgIpc) is 2.92. The topological polar surface area (TPSA) is 123 Å². The predicted octanol–water partition coefficient (Wildman–Crippen LogP) is 2.83. The summed E-state index contributed by atoms with van der Waals surface area (Å²) in [6, 6.07) is 6.09. The number of carbonyl (C=O) groups excluding carboxylic acids is 4. The number of amides is 2. The summed E-state index contributed by atoms with van der Waals surface area (Å²) in [6.07, 6.45) is 4.02. The summed E-state index contributed by atoms with van der Waals surface area (Å²) in [5, 5.41) is 6.23. The maximum atomic E-state index is 13.9. The zero-order chi connectivity index (χ0) is 28.5. The minimum absolute atomic E-state index is 0.179. The van der Waals surface area contributed by atoms with Gasteiger partial charge < -0.3 is 29.7 Å². The summed E-state index contributed by atoms with van der Waals surface area (Å²) in [5.74, 6) is 0.144. The van der Waals surface area contributed by atoms with E-state index in [4.69, 9.17) is 14.2 Å². The fourth-order valence-electron chi connectivity index (χ4n) is 7.74. The van der Waals surface area contributed by atoms with Crippen LogP contribution in [0.4, 0.5) is 4.79 Å². The van der Waals surface area contributed by atoms with Crippen LogP contribution in [-0.4, -0.2) is 74.3 Å². The first-order chi connectivity index (χ1) is 19.1. The quantitative estimate of drug-likeness (QED) is 0.470. The van der Waals surface area contributed by atoms with Crippen molar-refractivity contribution in [2.75, 3.05) is 33.3 Å². The lowest BCUT2D eigenvalue weighted by Gasteiger charge is -2.59. The molecule has 0 radical (unpaired) electrons. The van der Waals surface area contributed by atoms with Crippen LogP contribution >= 0.6 is 0 Å². The van der Waals surface area contributed by atoms with E-state index in [0.717, 1.165) is 50.8 Å². The molecule has 4 saturated carbocycles. The lowest BCUT2D eigenvalue weighted by atomic mass is 9.44. The molecule has 1 aromatic carbocycles. The average molecular weight is 556 g/mol. The molecule has 4 aliphatic carbocycles. The zero-order valence-corrected chi connectivity index (χ0v) is 23.7. The largest absolute Gasteiger partial charge is 0.469 e. The number of esters is 2. The Balaban J connectivity index is 1.28. The van der Waals surface area contributed by atoms with Gasteiger partial charge >= 0.3 is 18.0 Å². The Hall–Kier alpha value is -3.14. The molecule has 6 rings (SSSR count). The molecule has 3 atom stereocenters. The van der Waals surface area contributed by atoms with E-state index >= 15 is 0 Å². The number of methoxy groups -OCH3 is 1. The van der Waals surface area contributed by atoms with Gasteiger partial charge in [-0.05, 0) is 81.9 Å². The minimum atomic E-state index is -0.883. The van der Waals surface area contributed by atoms with E-state index in [2.05, 4.69) is 10.6 Å². The summed E-state index contributed by atoms with van der Waals surface area (Å²) in [5.41, 5.74) is -0.497. The predicted molar refractivity (Wildman–Crippen MR) is 145 cm³/mol. The molecule has 1 saturated heterocycles. The molecule has 0 aromatic heterocycles. The van der Waals surface area contributed by atoms with Gasteiger partial charge in [0.05, 0.1) is 24.0 Å². The monoisotopic (exact) mass is 555 g/mol. The van der Waals surface area contributed by atoms with Gasteiger partial charge in [0.25, 0.3) is 0 Å². The minimum Gasteiger partial charge on any atom is -0.469 e. The number of piperazine rings is 1. The molecule has 1 aliphatic heterocycles. The second kappa shape index (κ2) is 11.4. The Labute approximate surface area is 235 Å². The molecule has 5 fully saturated rings. The molecule has 40 heavy (non-hydrogen) atoms. The number of nitrogens with one attached hydrogen (secondary N) is 2. The van der Waals surface area contributed by atoms with E-state index in [9.17, 15) is 19.2 Å². The SMILES string of the molecule is COC(=O)C12CC3CC(CC(C(=O)N[C@@H](Cc4ccc(OC(=O)N5CCNCC5)cc4)C(=O)OC(C)C)(C3)C1)C2. The molecule has 218 valence electrons. The van der Waals surface area contributed by atoms with E-state index in [1.165, 1.54) is 7.11 Å². The van der Waals surface area contributed by atoms with Gasteiger partial charge in [0, 0.05) is 32.6 Å². The molecule has 10 heteroatoms. The first-order valence-electron chi connectivity index (χ1n) is 14.5. The molecule has 1 heterocycles. The summed E-state index contributed by atoms with van der Waals surface area (Å²) in [7, 11) is 1.42. The highest BCUT2D eigenvalue weighted by atomic mass is 16.6. The van der Waals surface area contributed by atoms with Crippen molar-refractivity contribution in [3.05, 3.63) is 29.8 Å². The van der Waals surface area contributed by atoms with Crippen molar-refractivity contribution in [1.29, 1.82) is 0 Å². The molecule has 1 aromatic rings. The number of benzene rings is 1. The Morgan fingerprint density at radius 2 is 1.62 bits per heavy atom. The van der Waals surface area contributed by atoms with Crippen LogP contribution in [0, 0.1) is 22.7 Å². The van der Waals surface area contributed by atoms with Crippen molar-refractivity contribution in [1.82, 2.24) is 15.5 Å². The smallest absolute Gasteiger partial charge is 0.415 e. The summed E-state index contributed by atoms with van der Waals surface area (Å²) in [6.45, 7) is 6.22. The second-order valence-corrected chi connectivity index (χ2v) is 12.5. The zero-order valence-electron chi connectivity index (χ0n) is 23.7. The Morgan fingerprint density at radius 1 is 1.00 bits per heavy atom. The number of nitrogens with zero attached hydrogens (tertiary/aromatic N) is 1. The van der Waals surface area contributed by atoms with Gasteiger partial charge in [0.1, 0.15) is 11.8 Å². The molecule has 0 spiro atoms. The van der Waals surface area contributed by atoms with Gasteiger partial charge in [-0.1, -0.05) is 12.1 Å². The Kier molecular flexibility index (Phi) is 8.08. The van der Waals surface area contributed by atoms with E-state index < -0.39 is 22.8 Å². The lowest BCUT2D eigenvalue weighted by Crippen LogP contribution is -2.61. The third-order valence-corrected chi connectivity index (χ3v) is 9.05. The lowest BCUT2D eigenvalue weighted by molar-refractivity contribution is -0.182. The normalized spacial score (nSPS) is 29.6. The van der Waals surface area contributed by atoms with Gasteiger partial charge in [-0.2, -0.15) is 0 Å². The highest BCUT2D eigenvalue weighted by Gasteiger charge is 2.63. The molecule has 2 amide bonds. The van der Waals surface area contributed by atoms with Crippen LogP contribution in [0.3, 0.4) is 0 Å². The standard InChI is InChI=1S/C30H41N3O7/c1-19(2)39-25(34)24(13-20-4-6-23(7-5-20)40-28(37)33-10-8-31-9-11-33)32-26(35)29-14-21-12-22(15-29)17-30(16-21,18-29)27(36)38-3/h4-7,19,21-22,24,31H,8-18H2,1-3H3,(H,32,35)/t21?,22?,24-,29?,30?/m0/s1. The van der Waals surface area contributed by atoms with Gasteiger partial charge in [-0.25, -0.2) is 9.59 Å². The van der Waals surface area contributed by atoms with Crippen LogP contribution in [0.2, 0.25) is 0 Å². The van der Waals surface area contributed by atoms with Crippen LogP contribution in [-0.2, 0) is 30.3 Å². The van der Waals surface area contributed by atoms with E-state index in [0.29, 0.717) is 37.1 Å². The third kappa shape index (κ3) is 5.82. The second-order valence-electron chi connectivity index (χ2n) is 12.5. The molecular formula is C30H41N3O7. The van der Waals surface area contributed by atoms with Gasteiger partial charge in [0.15, 0.2) is 0 Å². The highest BCUT2D eigenvalue weighted by molar-refractivity contribution is 5.90. The van der Waals surface area contributed by atoms with E-state index in [-0.39, 0.29) is 30.5 Å². The maximum absolute atomic E-state index is 13.9. The molecule has 4 bridgehead atoms. The molecule has 5 aliphatic rings.